The van der Waals surface area contributed by atoms with Gasteiger partial charge in [0.25, 0.3) is 0 Å². The summed E-state index contributed by atoms with van der Waals surface area (Å²) in [5.41, 5.74) is -1.29. The number of aromatic nitrogens is 1. The number of ether oxygens (including phenoxy) is 1. The number of carbonyl (C=O) groups excluding carboxylic acids is 2. The highest BCUT2D eigenvalue weighted by molar-refractivity contribution is 6.35. The second-order valence-corrected chi connectivity index (χ2v) is 6.78. The predicted octanol–water partition coefficient (Wildman–Crippen LogP) is 4.31. The summed E-state index contributed by atoms with van der Waals surface area (Å²) >= 11 is 5.89. The normalized spacial score (nSPS) is 15.2. The first-order valence-electron chi connectivity index (χ1n) is 7.09. The quantitative estimate of drug-likeness (QED) is 0.825. The maximum Gasteiger partial charge on any atom is 0.413 e. The summed E-state index contributed by atoms with van der Waals surface area (Å²) in [5, 5.41) is 2.01. The first-order valence-corrected chi connectivity index (χ1v) is 7.47. The number of halogens is 3. The highest BCUT2D eigenvalue weighted by Crippen LogP contribution is 2.46. The number of hydrogen-bond donors (Lipinski definition) is 1. The fourth-order valence-corrected chi connectivity index (χ4v) is 2.18. The molecule has 1 aliphatic carbocycles. The molecule has 1 heterocycles. The summed E-state index contributed by atoms with van der Waals surface area (Å²) in [6, 6.07) is 1.22. The number of ketones is 1. The van der Waals surface area contributed by atoms with Gasteiger partial charge in [-0.25, -0.2) is 9.78 Å². The minimum absolute atomic E-state index is 0.198. The van der Waals surface area contributed by atoms with E-state index in [-0.39, 0.29) is 23.7 Å². The van der Waals surface area contributed by atoms with Crippen LogP contribution in [-0.4, -0.2) is 28.4 Å². The van der Waals surface area contributed by atoms with Crippen LogP contribution in [0.5, 0.6) is 0 Å². The molecule has 1 amide bonds. The summed E-state index contributed by atoms with van der Waals surface area (Å²) < 4.78 is 33.2. The van der Waals surface area contributed by atoms with Crippen molar-refractivity contribution in [2.45, 2.75) is 45.1 Å². The van der Waals surface area contributed by atoms with Gasteiger partial charge < -0.3 is 4.74 Å². The Labute approximate surface area is 137 Å². The van der Waals surface area contributed by atoms with E-state index in [1.807, 2.05) is 0 Å². The minimum Gasteiger partial charge on any atom is -0.444 e. The van der Waals surface area contributed by atoms with Gasteiger partial charge in [-0.05, 0) is 39.7 Å². The van der Waals surface area contributed by atoms with Crippen LogP contribution in [0.3, 0.4) is 0 Å². The molecule has 1 fully saturated rings. The Morgan fingerprint density at radius 2 is 1.96 bits per heavy atom. The molecule has 1 saturated carbocycles. The maximum absolute atomic E-state index is 14.1. The van der Waals surface area contributed by atoms with Gasteiger partial charge in [-0.15, -0.1) is 0 Å². The van der Waals surface area contributed by atoms with E-state index >= 15 is 0 Å². The molecular formula is C15H17ClF2N2O3. The van der Waals surface area contributed by atoms with Crippen LogP contribution in [0, 0.1) is 5.92 Å². The molecule has 0 atom stereocenters. The lowest BCUT2D eigenvalue weighted by Gasteiger charge is -2.21. The first-order chi connectivity index (χ1) is 10.5. The van der Waals surface area contributed by atoms with Crippen LogP contribution in [0.15, 0.2) is 12.3 Å². The van der Waals surface area contributed by atoms with Crippen molar-refractivity contribution in [2.75, 3.05) is 5.32 Å². The van der Waals surface area contributed by atoms with Gasteiger partial charge in [0.1, 0.15) is 11.4 Å². The summed E-state index contributed by atoms with van der Waals surface area (Å²) in [6.07, 6.45) is 0.869. The van der Waals surface area contributed by atoms with Gasteiger partial charge in [-0.3, -0.25) is 10.1 Å². The van der Waals surface area contributed by atoms with E-state index in [4.69, 9.17) is 16.3 Å². The van der Waals surface area contributed by atoms with E-state index in [0.29, 0.717) is 0 Å². The Bertz CT molecular complexity index is 640. The lowest BCUT2D eigenvalue weighted by molar-refractivity contribution is -0.00438. The van der Waals surface area contributed by atoms with Gasteiger partial charge in [-0.2, -0.15) is 8.78 Å². The molecule has 0 aromatic carbocycles. The maximum atomic E-state index is 14.1. The van der Waals surface area contributed by atoms with Gasteiger partial charge in [0.15, 0.2) is 0 Å². The molecule has 23 heavy (non-hydrogen) atoms. The molecule has 5 nitrogen and oxygen atoms in total. The number of carbonyl (C=O) groups is 2. The standard InChI is InChI=1S/C15H17ClF2N2O3/c1-14(2,3)23-13(22)20-12-10(9(16)6-7-19-12)11(21)15(17,18)8-4-5-8/h6-8H,4-5H2,1-3H3,(H,19,20,22). The van der Waals surface area contributed by atoms with E-state index < -0.39 is 34.9 Å². The largest absolute Gasteiger partial charge is 0.444 e. The van der Waals surface area contributed by atoms with Crippen LogP contribution in [-0.2, 0) is 4.74 Å². The van der Waals surface area contributed by atoms with Gasteiger partial charge >= 0.3 is 12.0 Å². The zero-order valence-electron chi connectivity index (χ0n) is 13.0. The van der Waals surface area contributed by atoms with Crippen molar-refractivity contribution in [1.82, 2.24) is 4.98 Å². The molecule has 0 aliphatic heterocycles. The van der Waals surface area contributed by atoms with E-state index in [0.717, 1.165) is 0 Å². The molecule has 2 rings (SSSR count). The van der Waals surface area contributed by atoms with E-state index in [9.17, 15) is 18.4 Å². The van der Waals surface area contributed by atoms with Crippen LogP contribution in [0.25, 0.3) is 0 Å². The van der Waals surface area contributed by atoms with Crippen LogP contribution in [0.2, 0.25) is 5.02 Å². The Morgan fingerprint density at radius 1 is 1.35 bits per heavy atom. The van der Waals surface area contributed by atoms with E-state index in [1.54, 1.807) is 20.8 Å². The average Bonchev–Trinajstić information content (AvgIpc) is 3.20. The topological polar surface area (TPSA) is 68.3 Å². The van der Waals surface area contributed by atoms with E-state index in [1.165, 1.54) is 12.3 Å². The van der Waals surface area contributed by atoms with Gasteiger partial charge in [0.2, 0.25) is 5.78 Å². The number of Topliss-reactive ketones (excluding diaryl/α,β-unsaturated/α-hetero) is 1. The van der Waals surface area contributed by atoms with Crippen LogP contribution in [0.4, 0.5) is 19.4 Å². The molecule has 1 aromatic heterocycles. The van der Waals surface area contributed by atoms with Crippen molar-refractivity contribution >= 4 is 29.3 Å². The van der Waals surface area contributed by atoms with Crippen molar-refractivity contribution in [3.63, 3.8) is 0 Å². The molecule has 1 aromatic rings. The smallest absolute Gasteiger partial charge is 0.413 e. The lowest BCUT2D eigenvalue weighted by atomic mass is 10.0. The second-order valence-electron chi connectivity index (χ2n) is 6.37. The number of nitrogens with zero attached hydrogens (tertiary/aromatic N) is 1. The van der Waals surface area contributed by atoms with Crippen molar-refractivity contribution < 1.29 is 23.1 Å². The fourth-order valence-electron chi connectivity index (χ4n) is 1.95. The monoisotopic (exact) mass is 346 g/mol. The minimum atomic E-state index is -3.53. The SMILES string of the molecule is CC(C)(C)OC(=O)Nc1nccc(Cl)c1C(=O)C(F)(F)C1CC1. The third-order valence-electron chi connectivity index (χ3n) is 3.14. The number of nitrogens with one attached hydrogen (secondary N) is 1. The lowest BCUT2D eigenvalue weighted by Crippen LogP contribution is -2.33. The van der Waals surface area contributed by atoms with Gasteiger partial charge in [0, 0.05) is 12.1 Å². The van der Waals surface area contributed by atoms with Crippen molar-refractivity contribution in [2.24, 2.45) is 5.92 Å². The Morgan fingerprint density at radius 3 is 2.48 bits per heavy atom. The number of pyridine rings is 1. The molecule has 1 N–H and O–H groups in total. The van der Waals surface area contributed by atoms with Crippen LogP contribution < -0.4 is 5.32 Å². The summed E-state index contributed by atoms with van der Waals surface area (Å²) in [5.74, 6) is -6.29. The molecule has 0 saturated heterocycles. The molecule has 0 bridgehead atoms. The number of amides is 1. The van der Waals surface area contributed by atoms with Crippen LogP contribution in [0.1, 0.15) is 44.0 Å². The predicted molar refractivity (Wildman–Crippen MR) is 81.1 cm³/mol. The Kier molecular flexibility index (Phi) is 4.61. The average molecular weight is 347 g/mol. The third kappa shape index (κ3) is 4.16. The number of anilines is 1. The van der Waals surface area contributed by atoms with Crippen LogP contribution >= 0.6 is 11.6 Å². The highest BCUT2D eigenvalue weighted by Gasteiger charge is 2.53. The van der Waals surface area contributed by atoms with Crippen molar-refractivity contribution in [3.05, 3.63) is 22.8 Å². The van der Waals surface area contributed by atoms with Crippen molar-refractivity contribution in [1.29, 1.82) is 0 Å². The molecule has 0 radical (unpaired) electrons. The summed E-state index contributed by atoms with van der Waals surface area (Å²) in [4.78, 5) is 27.8. The highest BCUT2D eigenvalue weighted by atomic mass is 35.5. The van der Waals surface area contributed by atoms with E-state index in [2.05, 4.69) is 10.3 Å². The first kappa shape index (κ1) is 17.6. The molecule has 126 valence electrons. The fraction of sp³-hybridized carbons (Fsp3) is 0.533. The zero-order valence-corrected chi connectivity index (χ0v) is 13.7. The van der Waals surface area contributed by atoms with Gasteiger partial charge in [0.05, 0.1) is 10.6 Å². The molecular weight excluding hydrogens is 330 g/mol. The number of rotatable bonds is 4. The Balaban J connectivity index is 2.29. The van der Waals surface area contributed by atoms with Gasteiger partial charge in [-0.1, -0.05) is 11.6 Å². The van der Waals surface area contributed by atoms with Crippen molar-refractivity contribution in [3.8, 4) is 0 Å². The zero-order chi connectivity index (χ0) is 17.4. The molecule has 0 unspecified atom stereocenters. The summed E-state index contributed by atoms with van der Waals surface area (Å²) in [7, 11) is 0. The number of hydrogen-bond acceptors (Lipinski definition) is 4. The summed E-state index contributed by atoms with van der Waals surface area (Å²) in [6.45, 7) is 4.93. The molecule has 0 spiro atoms. The second kappa shape index (κ2) is 6.03. The number of alkyl halides is 2. The Hall–Kier alpha value is -1.76. The molecule has 8 heteroatoms. The third-order valence-corrected chi connectivity index (χ3v) is 3.45. The molecule has 1 aliphatic rings.